The Morgan fingerprint density at radius 1 is 1.29 bits per heavy atom. The van der Waals surface area contributed by atoms with Crippen molar-refractivity contribution in [2.45, 2.75) is 13.0 Å². The van der Waals surface area contributed by atoms with Crippen LogP contribution >= 0.6 is 11.6 Å². The molecule has 124 valence electrons. The van der Waals surface area contributed by atoms with Crippen molar-refractivity contribution < 1.29 is 18.3 Å². The van der Waals surface area contributed by atoms with Crippen LogP contribution in [-0.2, 0) is 17.8 Å². The van der Waals surface area contributed by atoms with E-state index in [9.17, 15) is 13.6 Å². The molecule has 0 radical (unpaired) electrons. The first-order valence-electron chi connectivity index (χ1n) is 6.91. The van der Waals surface area contributed by atoms with Gasteiger partial charge in [0.2, 0.25) is 5.91 Å². The van der Waals surface area contributed by atoms with Gasteiger partial charge in [0.15, 0.2) is 0 Å². The summed E-state index contributed by atoms with van der Waals surface area (Å²) in [5.41, 5.74) is 0.170. The van der Waals surface area contributed by atoms with Gasteiger partial charge < -0.3 is 10.1 Å². The fraction of sp³-hybridized carbons (Fsp3) is 0.176. The van der Waals surface area contributed by atoms with Gasteiger partial charge in [-0.05, 0) is 35.9 Å². The third-order valence-electron chi connectivity index (χ3n) is 3.30. The van der Waals surface area contributed by atoms with Crippen molar-refractivity contribution in [1.29, 1.82) is 5.26 Å². The van der Waals surface area contributed by atoms with Gasteiger partial charge in [0, 0.05) is 17.1 Å². The van der Waals surface area contributed by atoms with Gasteiger partial charge in [-0.25, -0.2) is 8.78 Å². The summed E-state index contributed by atoms with van der Waals surface area (Å²) in [6.07, 6.45) is 0.00494. The average molecular weight is 351 g/mol. The molecule has 24 heavy (non-hydrogen) atoms. The minimum atomic E-state index is -0.960. The number of nitrogens with zero attached hydrogens (tertiary/aromatic N) is 1. The number of ether oxygens (including phenoxy) is 1. The maximum Gasteiger partial charge on any atom is 0.224 e. The van der Waals surface area contributed by atoms with Gasteiger partial charge in [0.1, 0.15) is 29.0 Å². The van der Waals surface area contributed by atoms with E-state index in [0.717, 1.165) is 12.1 Å². The molecule has 0 aliphatic rings. The average Bonchev–Trinajstić information content (AvgIpc) is 2.53. The van der Waals surface area contributed by atoms with Gasteiger partial charge in [0.25, 0.3) is 0 Å². The lowest BCUT2D eigenvalue weighted by Gasteiger charge is -2.10. The molecule has 0 aliphatic carbocycles. The number of carbonyl (C=O) groups excluding carboxylic acids is 1. The van der Waals surface area contributed by atoms with Crippen molar-refractivity contribution in [3.05, 3.63) is 63.7 Å². The fourth-order valence-electron chi connectivity index (χ4n) is 2.16. The van der Waals surface area contributed by atoms with Crippen molar-refractivity contribution in [2.24, 2.45) is 0 Å². The van der Waals surface area contributed by atoms with Crippen molar-refractivity contribution in [2.75, 3.05) is 7.11 Å². The van der Waals surface area contributed by atoms with E-state index < -0.39 is 17.2 Å². The molecule has 0 aliphatic heterocycles. The van der Waals surface area contributed by atoms with Crippen LogP contribution in [0.15, 0.2) is 30.3 Å². The van der Waals surface area contributed by atoms with Crippen molar-refractivity contribution in [1.82, 2.24) is 5.32 Å². The van der Waals surface area contributed by atoms with Gasteiger partial charge in [-0.15, -0.1) is 0 Å². The van der Waals surface area contributed by atoms with Crippen LogP contribution in [-0.4, -0.2) is 13.0 Å². The summed E-state index contributed by atoms with van der Waals surface area (Å²) >= 11 is 5.90. The number of benzene rings is 2. The van der Waals surface area contributed by atoms with Crippen LogP contribution in [0.2, 0.25) is 5.02 Å². The zero-order valence-electron chi connectivity index (χ0n) is 12.7. The standard InChI is InChI=1S/C17H13ClF2N2O2/c1-24-16-3-2-12(18)6-11(16)7-17(23)22-9-10-4-14(19)13(8-21)15(20)5-10/h2-6H,7,9H2,1H3,(H,22,23). The number of methoxy groups -OCH3 is 1. The van der Waals surface area contributed by atoms with Crippen molar-refractivity contribution in [3.63, 3.8) is 0 Å². The quantitative estimate of drug-likeness (QED) is 0.899. The fourth-order valence-corrected chi connectivity index (χ4v) is 2.35. The largest absolute Gasteiger partial charge is 0.496 e. The summed E-state index contributed by atoms with van der Waals surface area (Å²) in [7, 11) is 1.48. The van der Waals surface area contributed by atoms with E-state index in [4.69, 9.17) is 21.6 Å². The highest BCUT2D eigenvalue weighted by atomic mass is 35.5. The molecular formula is C17H13ClF2N2O2. The monoisotopic (exact) mass is 350 g/mol. The van der Waals surface area contributed by atoms with Crippen LogP contribution in [0.1, 0.15) is 16.7 Å². The van der Waals surface area contributed by atoms with E-state index in [1.807, 2.05) is 0 Å². The highest BCUT2D eigenvalue weighted by molar-refractivity contribution is 6.30. The maximum atomic E-state index is 13.5. The second-order valence-corrected chi connectivity index (χ2v) is 5.39. The van der Waals surface area contributed by atoms with Crippen LogP contribution in [0.3, 0.4) is 0 Å². The number of hydrogen-bond donors (Lipinski definition) is 1. The summed E-state index contributed by atoms with van der Waals surface area (Å²) < 4.78 is 32.2. The summed E-state index contributed by atoms with van der Waals surface area (Å²) in [4.78, 5) is 12.0. The SMILES string of the molecule is COc1ccc(Cl)cc1CC(=O)NCc1cc(F)c(C#N)c(F)c1. The first-order valence-corrected chi connectivity index (χ1v) is 7.29. The molecule has 0 saturated heterocycles. The predicted octanol–water partition coefficient (Wildman–Crippen LogP) is 3.36. The molecule has 4 nitrogen and oxygen atoms in total. The molecule has 0 bridgehead atoms. The van der Waals surface area contributed by atoms with Gasteiger partial charge in [-0.2, -0.15) is 5.26 Å². The molecule has 0 fully saturated rings. The molecule has 0 heterocycles. The Bertz CT molecular complexity index is 796. The smallest absolute Gasteiger partial charge is 0.224 e. The van der Waals surface area contributed by atoms with E-state index in [1.54, 1.807) is 18.2 Å². The normalized spacial score (nSPS) is 10.1. The van der Waals surface area contributed by atoms with Gasteiger partial charge in [0.05, 0.1) is 13.5 Å². The molecule has 0 saturated carbocycles. The Labute approximate surface area is 142 Å². The highest BCUT2D eigenvalue weighted by Crippen LogP contribution is 2.23. The topological polar surface area (TPSA) is 62.1 Å². The Kier molecular flexibility index (Phi) is 5.72. The minimum absolute atomic E-state index is 0.00494. The second kappa shape index (κ2) is 7.75. The lowest BCUT2D eigenvalue weighted by atomic mass is 10.1. The summed E-state index contributed by atoms with van der Waals surface area (Å²) in [5.74, 6) is -1.76. The molecule has 7 heteroatoms. The molecule has 0 spiro atoms. The van der Waals surface area contributed by atoms with Gasteiger partial charge in [-0.3, -0.25) is 4.79 Å². The third-order valence-corrected chi connectivity index (χ3v) is 3.53. The Balaban J connectivity index is 2.04. The number of hydrogen-bond acceptors (Lipinski definition) is 3. The molecule has 2 aromatic carbocycles. The predicted molar refractivity (Wildman–Crippen MR) is 84.6 cm³/mol. The summed E-state index contributed by atoms with van der Waals surface area (Å²) in [6, 6.07) is 8.38. The Morgan fingerprint density at radius 3 is 2.54 bits per heavy atom. The van der Waals surface area contributed by atoms with Crippen LogP contribution in [0, 0.1) is 23.0 Å². The van der Waals surface area contributed by atoms with Gasteiger partial charge in [-0.1, -0.05) is 11.6 Å². The molecule has 1 amide bonds. The number of amides is 1. The molecule has 2 rings (SSSR count). The zero-order chi connectivity index (χ0) is 17.7. The van der Waals surface area contributed by atoms with E-state index in [0.29, 0.717) is 16.3 Å². The van der Waals surface area contributed by atoms with E-state index in [1.165, 1.54) is 13.2 Å². The first kappa shape index (κ1) is 17.7. The zero-order valence-corrected chi connectivity index (χ0v) is 13.5. The van der Waals surface area contributed by atoms with Crippen molar-refractivity contribution in [3.8, 4) is 11.8 Å². The first-order chi connectivity index (χ1) is 11.4. The number of rotatable bonds is 5. The Hall–Kier alpha value is -2.65. The lowest BCUT2D eigenvalue weighted by molar-refractivity contribution is -0.120. The van der Waals surface area contributed by atoms with Crippen molar-refractivity contribution >= 4 is 17.5 Å². The molecule has 0 aromatic heterocycles. The Morgan fingerprint density at radius 2 is 1.96 bits per heavy atom. The van der Waals surface area contributed by atoms with Crippen LogP contribution < -0.4 is 10.1 Å². The molecule has 0 atom stereocenters. The number of nitrogens with one attached hydrogen (secondary N) is 1. The molecule has 0 unspecified atom stereocenters. The van der Waals surface area contributed by atoms with Crippen LogP contribution in [0.4, 0.5) is 8.78 Å². The lowest BCUT2D eigenvalue weighted by Crippen LogP contribution is -2.25. The third kappa shape index (κ3) is 4.21. The van der Waals surface area contributed by atoms with Gasteiger partial charge >= 0.3 is 0 Å². The number of halogens is 3. The van der Waals surface area contributed by atoms with E-state index >= 15 is 0 Å². The van der Waals surface area contributed by atoms with Crippen LogP contribution in [0.25, 0.3) is 0 Å². The number of nitriles is 1. The number of carbonyl (C=O) groups is 1. The van der Waals surface area contributed by atoms with E-state index in [2.05, 4.69) is 5.32 Å². The second-order valence-electron chi connectivity index (χ2n) is 4.96. The molecule has 1 N–H and O–H groups in total. The molecular weight excluding hydrogens is 338 g/mol. The van der Waals surface area contributed by atoms with E-state index in [-0.39, 0.29) is 24.4 Å². The highest BCUT2D eigenvalue weighted by Gasteiger charge is 2.12. The summed E-state index contributed by atoms with van der Waals surface area (Å²) in [6.45, 7) is -0.0682. The minimum Gasteiger partial charge on any atom is -0.496 e. The maximum absolute atomic E-state index is 13.5. The molecule has 2 aromatic rings. The summed E-state index contributed by atoms with van der Waals surface area (Å²) in [5, 5.41) is 11.6. The van der Waals surface area contributed by atoms with Crippen LogP contribution in [0.5, 0.6) is 5.75 Å².